The lowest BCUT2D eigenvalue weighted by Gasteiger charge is -2.17. The smallest absolute Gasteiger partial charge is 0.224 e. The standard InChI is InChI=1S/C20H22FN5O/c1-13(2)14-3-4-15(18(21)9-14)10-20(27)23-17-7-8-26(12-17)19-6-5-16(11-22)24-25-19/h3-6,9,13,17H,7-8,10,12H2,1-2H3,(H,23,27). The minimum absolute atomic E-state index is 0.0204. The number of rotatable bonds is 5. The van der Waals surface area contributed by atoms with E-state index in [1.165, 1.54) is 6.07 Å². The van der Waals surface area contributed by atoms with E-state index in [0.717, 1.165) is 18.5 Å². The molecule has 1 N–H and O–H groups in total. The van der Waals surface area contributed by atoms with Crippen LogP contribution in [0.2, 0.25) is 0 Å². The second-order valence-corrected chi connectivity index (χ2v) is 7.07. The molecule has 6 nitrogen and oxygen atoms in total. The molecule has 0 bridgehead atoms. The van der Waals surface area contributed by atoms with Crippen LogP contribution in [0.25, 0.3) is 0 Å². The summed E-state index contributed by atoms with van der Waals surface area (Å²) >= 11 is 0. The predicted octanol–water partition coefficient (Wildman–Crippen LogP) is 2.55. The lowest BCUT2D eigenvalue weighted by Crippen LogP contribution is -2.38. The Labute approximate surface area is 158 Å². The van der Waals surface area contributed by atoms with Crippen molar-refractivity contribution in [1.29, 1.82) is 5.26 Å². The van der Waals surface area contributed by atoms with Crippen LogP contribution in [0.5, 0.6) is 0 Å². The summed E-state index contributed by atoms with van der Waals surface area (Å²) in [6, 6.07) is 10.4. The van der Waals surface area contributed by atoms with Gasteiger partial charge in [0.15, 0.2) is 11.5 Å². The molecule has 0 aliphatic carbocycles. The SMILES string of the molecule is CC(C)c1ccc(CC(=O)NC2CCN(c3ccc(C#N)nn3)C2)c(F)c1. The minimum atomic E-state index is -0.336. The van der Waals surface area contributed by atoms with Crippen molar-refractivity contribution in [2.75, 3.05) is 18.0 Å². The molecular weight excluding hydrogens is 345 g/mol. The minimum Gasteiger partial charge on any atom is -0.353 e. The maximum Gasteiger partial charge on any atom is 0.224 e. The molecule has 0 spiro atoms. The van der Waals surface area contributed by atoms with Crippen molar-refractivity contribution < 1.29 is 9.18 Å². The Morgan fingerprint density at radius 2 is 2.19 bits per heavy atom. The van der Waals surface area contributed by atoms with Crippen LogP contribution in [-0.2, 0) is 11.2 Å². The van der Waals surface area contributed by atoms with Crippen molar-refractivity contribution in [3.05, 3.63) is 53.0 Å². The fourth-order valence-corrected chi connectivity index (χ4v) is 3.16. The molecule has 2 aromatic rings. The maximum atomic E-state index is 14.2. The van der Waals surface area contributed by atoms with Crippen molar-refractivity contribution in [2.24, 2.45) is 0 Å². The fraction of sp³-hybridized carbons (Fsp3) is 0.400. The van der Waals surface area contributed by atoms with E-state index in [1.807, 2.05) is 30.9 Å². The molecular formula is C20H22FN5O. The summed E-state index contributed by atoms with van der Waals surface area (Å²) in [4.78, 5) is 14.3. The number of nitrogens with zero attached hydrogens (tertiary/aromatic N) is 4. The summed E-state index contributed by atoms with van der Waals surface area (Å²) in [5.41, 5.74) is 1.60. The Morgan fingerprint density at radius 3 is 2.81 bits per heavy atom. The lowest BCUT2D eigenvalue weighted by molar-refractivity contribution is -0.121. The molecule has 1 atom stereocenters. The van der Waals surface area contributed by atoms with E-state index in [2.05, 4.69) is 15.5 Å². The normalized spacial score (nSPS) is 16.4. The first-order valence-corrected chi connectivity index (χ1v) is 9.02. The van der Waals surface area contributed by atoms with Crippen molar-refractivity contribution >= 4 is 11.7 Å². The Bertz CT molecular complexity index is 860. The third-order valence-corrected chi connectivity index (χ3v) is 4.74. The Morgan fingerprint density at radius 1 is 1.37 bits per heavy atom. The van der Waals surface area contributed by atoms with Crippen LogP contribution in [0, 0.1) is 17.1 Å². The van der Waals surface area contributed by atoms with E-state index in [4.69, 9.17) is 5.26 Å². The topological polar surface area (TPSA) is 81.9 Å². The van der Waals surface area contributed by atoms with Gasteiger partial charge < -0.3 is 10.2 Å². The summed E-state index contributed by atoms with van der Waals surface area (Å²) in [7, 11) is 0. The summed E-state index contributed by atoms with van der Waals surface area (Å²) in [6.07, 6.45) is 0.805. The summed E-state index contributed by atoms with van der Waals surface area (Å²) in [6.45, 7) is 5.36. The van der Waals surface area contributed by atoms with Crippen molar-refractivity contribution in [1.82, 2.24) is 15.5 Å². The number of carbonyl (C=O) groups is 1. The highest BCUT2D eigenvalue weighted by Gasteiger charge is 2.25. The molecule has 1 aromatic heterocycles. The first-order valence-electron chi connectivity index (χ1n) is 9.02. The number of carbonyl (C=O) groups excluding carboxylic acids is 1. The molecule has 1 aromatic carbocycles. The van der Waals surface area contributed by atoms with Crippen LogP contribution < -0.4 is 10.2 Å². The van der Waals surface area contributed by atoms with Gasteiger partial charge in [0.1, 0.15) is 11.9 Å². The number of nitrogens with one attached hydrogen (secondary N) is 1. The summed E-state index contributed by atoms with van der Waals surface area (Å²) in [5.74, 6) is 0.402. The first kappa shape index (κ1) is 18.8. The zero-order valence-corrected chi connectivity index (χ0v) is 15.4. The second kappa shape index (κ2) is 8.12. The average molecular weight is 367 g/mol. The van der Waals surface area contributed by atoms with E-state index < -0.39 is 0 Å². The Kier molecular flexibility index (Phi) is 5.65. The second-order valence-electron chi connectivity index (χ2n) is 7.07. The molecule has 1 saturated heterocycles. The van der Waals surface area contributed by atoms with Crippen LogP contribution in [0.1, 0.15) is 43.0 Å². The molecule has 1 aliphatic heterocycles. The van der Waals surface area contributed by atoms with Crippen molar-refractivity contribution in [2.45, 2.75) is 38.6 Å². The van der Waals surface area contributed by atoms with Gasteiger partial charge in [-0.05, 0) is 41.7 Å². The Balaban J connectivity index is 1.55. The molecule has 7 heteroatoms. The molecule has 1 unspecified atom stereocenters. The van der Waals surface area contributed by atoms with E-state index in [1.54, 1.807) is 18.2 Å². The van der Waals surface area contributed by atoms with Gasteiger partial charge >= 0.3 is 0 Å². The third kappa shape index (κ3) is 4.59. The quantitative estimate of drug-likeness (QED) is 0.878. The van der Waals surface area contributed by atoms with Gasteiger partial charge in [0.25, 0.3) is 0 Å². The van der Waals surface area contributed by atoms with Gasteiger partial charge in [-0.3, -0.25) is 4.79 Å². The summed E-state index contributed by atoms with van der Waals surface area (Å²) in [5, 5.41) is 19.6. The molecule has 0 saturated carbocycles. The van der Waals surface area contributed by atoms with Gasteiger partial charge in [-0.25, -0.2) is 4.39 Å². The number of anilines is 1. The van der Waals surface area contributed by atoms with Crippen molar-refractivity contribution in [3.8, 4) is 6.07 Å². The zero-order valence-electron chi connectivity index (χ0n) is 15.4. The predicted molar refractivity (Wildman–Crippen MR) is 99.7 cm³/mol. The Hall–Kier alpha value is -3.01. The number of nitriles is 1. The van der Waals surface area contributed by atoms with E-state index in [9.17, 15) is 9.18 Å². The highest BCUT2D eigenvalue weighted by Crippen LogP contribution is 2.20. The number of halogens is 1. The van der Waals surface area contributed by atoms with Crippen LogP contribution in [0.15, 0.2) is 30.3 Å². The molecule has 3 rings (SSSR count). The van der Waals surface area contributed by atoms with Crippen LogP contribution in [0.3, 0.4) is 0 Å². The van der Waals surface area contributed by atoms with E-state index in [-0.39, 0.29) is 35.8 Å². The monoisotopic (exact) mass is 367 g/mol. The highest BCUT2D eigenvalue weighted by molar-refractivity contribution is 5.79. The molecule has 1 fully saturated rings. The number of hydrogen-bond acceptors (Lipinski definition) is 5. The molecule has 1 aliphatic rings. The molecule has 2 heterocycles. The maximum absolute atomic E-state index is 14.2. The van der Waals surface area contributed by atoms with Crippen LogP contribution in [0.4, 0.5) is 10.2 Å². The fourth-order valence-electron chi connectivity index (χ4n) is 3.16. The first-order chi connectivity index (χ1) is 13.0. The van der Waals surface area contributed by atoms with Crippen LogP contribution in [-0.4, -0.2) is 35.2 Å². The number of benzene rings is 1. The van der Waals surface area contributed by atoms with Gasteiger partial charge in [0.05, 0.1) is 6.42 Å². The van der Waals surface area contributed by atoms with E-state index in [0.29, 0.717) is 17.9 Å². The molecule has 27 heavy (non-hydrogen) atoms. The van der Waals surface area contributed by atoms with Gasteiger partial charge in [0, 0.05) is 19.1 Å². The molecule has 140 valence electrons. The molecule has 0 radical (unpaired) electrons. The zero-order chi connectivity index (χ0) is 19.4. The average Bonchev–Trinajstić information content (AvgIpc) is 3.11. The third-order valence-electron chi connectivity index (χ3n) is 4.74. The van der Waals surface area contributed by atoms with E-state index >= 15 is 0 Å². The van der Waals surface area contributed by atoms with Crippen LogP contribution >= 0.6 is 0 Å². The van der Waals surface area contributed by atoms with Gasteiger partial charge in [-0.15, -0.1) is 10.2 Å². The number of hydrogen-bond donors (Lipinski definition) is 1. The highest BCUT2D eigenvalue weighted by atomic mass is 19.1. The van der Waals surface area contributed by atoms with Gasteiger partial charge in [-0.2, -0.15) is 5.26 Å². The lowest BCUT2D eigenvalue weighted by atomic mass is 10.00. The summed E-state index contributed by atoms with van der Waals surface area (Å²) < 4.78 is 14.2. The van der Waals surface area contributed by atoms with Gasteiger partial charge in [0.2, 0.25) is 5.91 Å². The largest absolute Gasteiger partial charge is 0.353 e. The van der Waals surface area contributed by atoms with Crippen molar-refractivity contribution in [3.63, 3.8) is 0 Å². The number of aromatic nitrogens is 2. The number of amides is 1. The molecule has 1 amide bonds. The van der Waals surface area contributed by atoms with Gasteiger partial charge in [-0.1, -0.05) is 26.0 Å².